The first-order chi connectivity index (χ1) is 9.17. The maximum absolute atomic E-state index is 11.7. The van der Waals surface area contributed by atoms with Gasteiger partial charge in [-0.3, -0.25) is 0 Å². The van der Waals surface area contributed by atoms with Crippen molar-refractivity contribution < 1.29 is 14.3 Å². The third-order valence-electron chi connectivity index (χ3n) is 2.57. The van der Waals surface area contributed by atoms with Crippen LogP contribution in [0.3, 0.4) is 0 Å². The van der Waals surface area contributed by atoms with Gasteiger partial charge in [-0.2, -0.15) is 0 Å². The van der Waals surface area contributed by atoms with E-state index in [0.29, 0.717) is 11.4 Å². The Morgan fingerprint density at radius 3 is 2.84 bits per heavy atom. The molecular formula is C13H15N3O3. The van der Waals surface area contributed by atoms with Crippen molar-refractivity contribution in [3.63, 3.8) is 0 Å². The number of benzene rings is 1. The molecule has 0 atom stereocenters. The van der Waals surface area contributed by atoms with Crippen LogP contribution >= 0.6 is 0 Å². The number of nitrogens with two attached hydrogens (primary N) is 1. The average Bonchev–Trinajstić information content (AvgIpc) is 2.81. The van der Waals surface area contributed by atoms with Crippen LogP contribution in [0.1, 0.15) is 17.3 Å². The van der Waals surface area contributed by atoms with E-state index in [1.807, 2.05) is 18.2 Å². The van der Waals surface area contributed by atoms with Crippen molar-refractivity contribution in [2.75, 3.05) is 19.5 Å². The fraction of sp³-hybridized carbons (Fsp3) is 0.231. The van der Waals surface area contributed by atoms with E-state index in [4.69, 9.17) is 15.2 Å². The number of ether oxygens (including phenoxy) is 2. The normalized spacial score (nSPS) is 10.2. The number of carbonyl (C=O) groups is 1. The highest BCUT2D eigenvalue weighted by Crippen LogP contribution is 2.23. The van der Waals surface area contributed by atoms with Crippen LogP contribution in [-0.2, 0) is 4.74 Å². The number of aromatic nitrogens is 2. The lowest BCUT2D eigenvalue weighted by molar-refractivity contribution is 0.0527. The van der Waals surface area contributed by atoms with Crippen molar-refractivity contribution in [3.05, 3.63) is 36.0 Å². The highest BCUT2D eigenvalue weighted by atomic mass is 16.5. The largest absolute Gasteiger partial charge is 0.494 e. The number of nitrogen functional groups attached to an aromatic ring is 1. The summed E-state index contributed by atoms with van der Waals surface area (Å²) in [7, 11) is 1.57. The third-order valence-corrected chi connectivity index (χ3v) is 2.57. The first-order valence-electron chi connectivity index (χ1n) is 5.83. The van der Waals surface area contributed by atoms with Crippen molar-refractivity contribution in [1.29, 1.82) is 0 Å². The molecule has 2 rings (SSSR count). The molecule has 19 heavy (non-hydrogen) atoms. The Morgan fingerprint density at radius 2 is 2.16 bits per heavy atom. The van der Waals surface area contributed by atoms with Crippen LogP contribution in [0.2, 0.25) is 0 Å². The standard InChI is InChI=1S/C13H15N3O3/c1-3-19-13(17)9-8-16(15-12(9)14)10-6-4-5-7-11(10)18-2/h4-8H,3H2,1-2H3,(H2,14,15). The van der Waals surface area contributed by atoms with Crippen LogP contribution in [0.4, 0.5) is 5.82 Å². The Kier molecular flexibility index (Phi) is 3.70. The molecule has 0 aliphatic rings. The topological polar surface area (TPSA) is 79.4 Å². The summed E-state index contributed by atoms with van der Waals surface area (Å²) in [4.78, 5) is 11.7. The van der Waals surface area contributed by atoms with Crippen molar-refractivity contribution in [2.45, 2.75) is 6.92 Å². The molecule has 0 aliphatic heterocycles. The number of hydrogen-bond donors (Lipinski definition) is 1. The second kappa shape index (κ2) is 5.43. The van der Waals surface area contributed by atoms with Gasteiger partial charge in [-0.15, -0.1) is 5.10 Å². The lowest BCUT2D eigenvalue weighted by Gasteiger charge is -2.07. The van der Waals surface area contributed by atoms with Crippen LogP contribution in [0.25, 0.3) is 5.69 Å². The lowest BCUT2D eigenvalue weighted by atomic mass is 10.3. The van der Waals surface area contributed by atoms with E-state index in [1.54, 1.807) is 20.1 Å². The van der Waals surface area contributed by atoms with Gasteiger partial charge in [-0.05, 0) is 19.1 Å². The van der Waals surface area contributed by atoms with Gasteiger partial charge in [0.05, 0.1) is 13.7 Å². The van der Waals surface area contributed by atoms with Gasteiger partial charge in [0.1, 0.15) is 17.0 Å². The Bertz CT molecular complexity index is 593. The van der Waals surface area contributed by atoms with E-state index in [1.165, 1.54) is 10.9 Å². The van der Waals surface area contributed by atoms with Crippen molar-refractivity contribution in [2.24, 2.45) is 0 Å². The molecule has 6 heteroatoms. The van der Waals surface area contributed by atoms with E-state index in [-0.39, 0.29) is 18.0 Å². The van der Waals surface area contributed by atoms with E-state index in [0.717, 1.165) is 0 Å². The summed E-state index contributed by atoms with van der Waals surface area (Å²) in [6, 6.07) is 7.32. The molecule has 1 aromatic carbocycles. The van der Waals surface area contributed by atoms with E-state index in [2.05, 4.69) is 5.10 Å². The zero-order valence-electron chi connectivity index (χ0n) is 10.8. The second-order valence-corrected chi connectivity index (χ2v) is 3.76. The van der Waals surface area contributed by atoms with Crippen molar-refractivity contribution in [3.8, 4) is 11.4 Å². The van der Waals surface area contributed by atoms with Crippen LogP contribution in [-0.4, -0.2) is 29.5 Å². The Hall–Kier alpha value is -2.50. The monoisotopic (exact) mass is 261 g/mol. The quantitative estimate of drug-likeness (QED) is 0.846. The molecule has 1 aromatic heterocycles. The third kappa shape index (κ3) is 2.52. The summed E-state index contributed by atoms with van der Waals surface area (Å²) < 4.78 is 11.7. The summed E-state index contributed by atoms with van der Waals surface area (Å²) in [5.41, 5.74) is 6.67. The molecule has 0 spiro atoms. The fourth-order valence-electron chi connectivity index (χ4n) is 1.70. The van der Waals surface area contributed by atoms with Gasteiger partial charge in [0.15, 0.2) is 5.82 Å². The highest BCUT2D eigenvalue weighted by Gasteiger charge is 2.17. The van der Waals surface area contributed by atoms with E-state index < -0.39 is 5.97 Å². The molecule has 6 nitrogen and oxygen atoms in total. The summed E-state index contributed by atoms with van der Waals surface area (Å²) in [5, 5.41) is 4.11. The molecule has 0 amide bonds. The van der Waals surface area contributed by atoms with Gasteiger partial charge >= 0.3 is 5.97 Å². The van der Waals surface area contributed by atoms with Crippen LogP contribution in [0, 0.1) is 0 Å². The second-order valence-electron chi connectivity index (χ2n) is 3.76. The van der Waals surface area contributed by atoms with Crippen LogP contribution < -0.4 is 10.5 Å². The smallest absolute Gasteiger partial charge is 0.343 e. The van der Waals surface area contributed by atoms with Crippen molar-refractivity contribution >= 4 is 11.8 Å². The summed E-state index contributed by atoms with van der Waals surface area (Å²) in [6.45, 7) is 2.02. The first-order valence-corrected chi connectivity index (χ1v) is 5.83. The Labute approximate surface area is 110 Å². The van der Waals surface area contributed by atoms with Crippen molar-refractivity contribution in [1.82, 2.24) is 9.78 Å². The number of carbonyl (C=O) groups excluding carboxylic acids is 1. The zero-order chi connectivity index (χ0) is 13.8. The minimum atomic E-state index is -0.485. The molecule has 2 N–H and O–H groups in total. The fourth-order valence-corrected chi connectivity index (χ4v) is 1.70. The maximum Gasteiger partial charge on any atom is 0.343 e. The minimum absolute atomic E-state index is 0.129. The lowest BCUT2D eigenvalue weighted by Crippen LogP contribution is -2.06. The summed E-state index contributed by atoms with van der Waals surface area (Å²) >= 11 is 0. The Balaban J connectivity index is 2.42. The molecule has 100 valence electrons. The van der Waals surface area contributed by atoms with Gasteiger partial charge in [0.25, 0.3) is 0 Å². The first kappa shape index (κ1) is 12.9. The number of hydrogen-bond acceptors (Lipinski definition) is 5. The molecule has 2 aromatic rings. The average molecular weight is 261 g/mol. The predicted molar refractivity (Wildman–Crippen MR) is 70.5 cm³/mol. The molecule has 1 heterocycles. The summed E-state index contributed by atoms with van der Waals surface area (Å²) in [6.07, 6.45) is 1.53. The molecular weight excluding hydrogens is 246 g/mol. The van der Waals surface area contributed by atoms with E-state index >= 15 is 0 Å². The zero-order valence-corrected chi connectivity index (χ0v) is 10.8. The molecule has 0 unspecified atom stereocenters. The molecule has 0 bridgehead atoms. The highest BCUT2D eigenvalue weighted by molar-refractivity contribution is 5.94. The Morgan fingerprint density at radius 1 is 1.42 bits per heavy atom. The molecule has 0 saturated heterocycles. The summed E-state index contributed by atoms with van der Waals surface area (Å²) in [5.74, 6) is 0.283. The van der Waals surface area contributed by atoms with Gasteiger partial charge in [-0.25, -0.2) is 9.48 Å². The number of nitrogens with zero attached hydrogens (tertiary/aromatic N) is 2. The van der Waals surface area contributed by atoms with Crippen LogP contribution in [0.5, 0.6) is 5.75 Å². The number of methoxy groups -OCH3 is 1. The molecule has 0 aliphatic carbocycles. The molecule has 0 fully saturated rings. The van der Waals surface area contributed by atoms with Gasteiger partial charge < -0.3 is 15.2 Å². The number of para-hydroxylation sites is 2. The minimum Gasteiger partial charge on any atom is -0.494 e. The van der Waals surface area contributed by atoms with Crippen LogP contribution in [0.15, 0.2) is 30.5 Å². The molecule has 0 saturated carbocycles. The van der Waals surface area contributed by atoms with Gasteiger partial charge in [-0.1, -0.05) is 12.1 Å². The SMILES string of the molecule is CCOC(=O)c1cn(-c2ccccc2OC)nc1N. The maximum atomic E-state index is 11.7. The van der Waals surface area contributed by atoms with Gasteiger partial charge in [0, 0.05) is 6.20 Å². The number of rotatable bonds is 4. The predicted octanol–water partition coefficient (Wildman–Crippen LogP) is 1.64. The molecule has 0 radical (unpaired) electrons. The van der Waals surface area contributed by atoms with Gasteiger partial charge in [0.2, 0.25) is 0 Å². The van der Waals surface area contributed by atoms with E-state index in [9.17, 15) is 4.79 Å². The number of anilines is 1. The number of esters is 1.